The lowest BCUT2D eigenvalue weighted by atomic mass is 10.1. The Labute approximate surface area is 113 Å². The summed E-state index contributed by atoms with van der Waals surface area (Å²) < 4.78 is 1.68. The summed E-state index contributed by atoms with van der Waals surface area (Å²) in [7, 11) is 0. The molecule has 0 saturated heterocycles. The van der Waals surface area contributed by atoms with Crippen LogP contribution in [-0.4, -0.2) is 36.6 Å². The monoisotopic (exact) mass is 279 g/mol. The lowest BCUT2D eigenvalue weighted by molar-refractivity contribution is -0.133. The number of aryl methyl sites for hydroxylation is 1. The number of carboxylic acid groups (broad SMARTS) is 1. The maximum Gasteiger partial charge on any atom is 0.313 e. The predicted octanol–water partition coefficient (Wildman–Crippen LogP) is 0.789. The molecule has 2 aromatic heterocycles. The van der Waals surface area contributed by atoms with E-state index < -0.39 is 5.97 Å². The molecule has 2 rings (SSSR count). The first kappa shape index (κ1) is 13.3. The summed E-state index contributed by atoms with van der Waals surface area (Å²) in [6.07, 6.45) is 3.47. The number of rotatable bonds is 5. The molecule has 7 nitrogen and oxygen atoms in total. The SMILES string of the molecule is Cc1ccncc1Cn1c(N)nnc1SCC(=O)O. The molecule has 2 aromatic rings. The molecule has 0 aromatic carbocycles. The molecule has 0 bridgehead atoms. The van der Waals surface area contributed by atoms with Crippen molar-refractivity contribution in [2.45, 2.75) is 18.6 Å². The average molecular weight is 279 g/mol. The smallest absolute Gasteiger partial charge is 0.313 e. The van der Waals surface area contributed by atoms with Crippen LogP contribution < -0.4 is 5.73 Å². The van der Waals surface area contributed by atoms with Crippen LogP contribution in [-0.2, 0) is 11.3 Å². The Kier molecular flexibility index (Phi) is 4.00. The molecule has 0 unspecified atom stereocenters. The highest BCUT2D eigenvalue weighted by molar-refractivity contribution is 7.99. The number of aromatic nitrogens is 4. The number of nitrogens with two attached hydrogens (primary N) is 1. The minimum atomic E-state index is -0.907. The van der Waals surface area contributed by atoms with Gasteiger partial charge in [-0.15, -0.1) is 10.2 Å². The van der Waals surface area contributed by atoms with E-state index in [-0.39, 0.29) is 11.7 Å². The van der Waals surface area contributed by atoms with Gasteiger partial charge in [0, 0.05) is 12.4 Å². The topological polar surface area (TPSA) is 107 Å². The van der Waals surface area contributed by atoms with Crippen molar-refractivity contribution in [2.75, 3.05) is 11.5 Å². The lowest BCUT2D eigenvalue weighted by Crippen LogP contribution is -2.08. The molecule has 8 heteroatoms. The Hall–Kier alpha value is -2.09. The standard InChI is InChI=1S/C11H13N5O2S/c1-7-2-3-13-4-8(7)5-16-10(12)14-15-11(16)19-6-9(17)18/h2-4H,5-6H2,1H3,(H2,12,14)(H,17,18). The number of hydrogen-bond donors (Lipinski definition) is 2. The van der Waals surface area contributed by atoms with E-state index >= 15 is 0 Å². The summed E-state index contributed by atoms with van der Waals surface area (Å²) in [6.45, 7) is 2.45. The van der Waals surface area contributed by atoms with Gasteiger partial charge in [0.1, 0.15) is 0 Å². The third-order valence-corrected chi connectivity index (χ3v) is 3.50. The van der Waals surface area contributed by atoms with E-state index in [2.05, 4.69) is 15.2 Å². The number of anilines is 1. The zero-order chi connectivity index (χ0) is 13.8. The molecule has 0 aliphatic heterocycles. The van der Waals surface area contributed by atoms with E-state index in [0.29, 0.717) is 11.7 Å². The van der Waals surface area contributed by atoms with Gasteiger partial charge in [0.2, 0.25) is 5.95 Å². The average Bonchev–Trinajstić information content (AvgIpc) is 2.71. The van der Waals surface area contributed by atoms with Crippen molar-refractivity contribution in [1.82, 2.24) is 19.7 Å². The van der Waals surface area contributed by atoms with Crippen molar-refractivity contribution in [3.63, 3.8) is 0 Å². The highest BCUT2D eigenvalue weighted by atomic mass is 32.2. The van der Waals surface area contributed by atoms with Crippen molar-refractivity contribution in [1.29, 1.82) is 0 Å². The largest absolute Gasteiger partial charge is 0.481 e. The second kappa shape index (κ2) is 5.70. The molecule has 0 saturated carbocycles. The Morgan fingerprint density at radius 1 is 1.53 bits per heavy atom. The fraction of sp³-hybridized carbons (Fsp3) is 0.273. The fourth-order valence-electron chi connectivity index (χ4n) is 1.51. The van der Waals surface area contributed by atoms with Gasteiger partial charge < -0.3 is 10.8 Å². The Morgan fingerprint density at radius 2 is 2.32 bits per heavy atom. The van der Waals surface area contributed by atoms with Crippen molar-refractivity contribution in [3.8, 4) is 0 Å². The van der Waals surface area contributed by atoms with Gasteiger partial charge in [0.05, 0.1) is 12.3 Å². The van der Waals surface area contributed by atoms with Crippen molar-refractivity contribution < 1.29 is 9.90 Å². The van der Waals surface area contributed by atoms with Gasteiger partial charge in [0.15, 0.2) is 5.16 Å². The zero-order valence-corrected chi connectivity index (χ0v) is 11.1. The first-order valence-corrected chi connectivity index (χ1v) is 6.49. The van der Waals surface area contributed by atoms with Crippen molar-refractivity contribution >= 4 is 23.7 Å². The highest BCUT2D eigenvalue weighted by Crippen LogP contribution is 2.20. The van der Waals surface area contributed by atoms with Crippen LogP contribution in [0.4, 0.5) is 5.95 Å². The van der Waals surface area contributed by atoms with Gasteiger partial charge >= 0.3 is 5.97 Å². The normalized spacial score (nSPS) is 10.6. The van der Waals surface area contributed by atoms with Crippen LogP contribution in [0.5, 0.6) is 0 Å². The number of carboxylic acids is 1. The van der Waals surface area contributed by atoms with Crippen LogP contribution in [0.25, 0.3) is 0 Å². The summed E-state index contributed by atoms with van der Waals surface area (Å²) >= 11 is 1.09. The molecule has 0 radical (unpaired) electrons. The molecular formula is C11H13N5O2S. The molecule has 0 fully saturated rings. The molecule has 100 valence electrons. The Bertz CT molecular complexity index is 599. The summed E-state index contributed by atoms with van der Waals surface area (Å²) in [4.78, 5) is 14.6. The number of carbonyl (C=O) groups is 1. The van der Waals surface area contributed by atoms with E-state index in [0.717, 1.165) is 22.9 Å². The van der Waals surface area contributed by atoms with Crippen LogP contribution in [0.15, 0.2) is 23.6 Å². The van der Waals surface area contributed by atoms with Gasteiger partial charge in [-0.3, -0.25) is 14.3 Å². The van der Waals surface area contributed by atoms with Crippen molar-refractivity contribution in [2.24, 2.45) is 0 Å². The van der Waals surface area contributed by atoms with Crippen LogP contribution in [0.1, 0.15) is 11.1 Å². The molecule has 0 atom stereocenters. The molecule has 3 N–H and O–H groups in total. The van der Waals surface area contributed by atoms with Crippen LogP contribution in [0, 0.1) is 6.92 Å². The minimum absolute atomic E-state index is 0.0792. The van der Waals surface area contributed by atoms with Gasteiger partial charge in [0.25, 0.3) is 0 Å². The van der Waals surface area contributed by atoms with E-state index in [1.54, 1.807) is 17.0 Å². The number of aliphatic carboxylic acids is 1. The lowest BCUT2D eigenvalue weighted by Gasteiger charge is -2.09. The highest BCUT2D eigenvalue weighted by Gasteiger charge is 2.13. The summed E-state index contributed by atoms with van der Waals surface area (Å²) in [6, 6.07) is 1.90. The molecule has 19 heavy (non-hydrogen) atoms. The van der Waals surface area contributed by atoms with Crippen LogP contribution >= 0.6 is 11.8 Å². The van der Waals surface area contributed by atoms with E-state index in [1.807, 2.05) is 13.0 Å². The van der Waals surface area contributed by atoms with Crippen LogP contribution in [0.3, 0.4) is 0 Å². The third-order valence-electron chi connectivity index (χ3n) is 2.55. The fourth-order valence-corrected chi connectivity index (χ4v) is 2.18. The predicted molar refractivity (Wildman–Crippen MR) is 70.9 cm³/mol. The minimum Gasteiger partial charge on any atom is -0.481 e. The molecule has 0 spiro atoms. The van der Waals surface area contributed by atoms with E-state index in [4.69, 9.17) is 10.8 Å². The molecule has 0 aliphatic carbocycles. The van der Waals surface area contributed by atoms with E-state index in [9.17, 15) is 4.79 Å². The molecular weight excluding hydrogens is 266 g/mol. The quantitative estimate of drug-likeness (QED) is 0.779. The van der Waals surface area contributed by atoms with E-state index in [1.165, 1.54) is 0 Å². The van der Waals surface area contributed by atoms with Crippen molar-refractivity contribution in [3.05, 3.63) is 29.6 Å². The number of hydrogen-bond acceptors (Lipinski definition) is 6. The third kappa shape index (κ3) is 3.22. The Balaban J connectivity index is 2.22. The zero-order valence-electron chi connectivity index (χ0n) is 10.3. The molecule has 2 heterocycles. The van der Waals surface area contributed by atoms with Gasteiger partial charge in [-0.2, -0.15) is 0 Å². The maximum absolute atomic E-state index is 10.6. The Morgan fingerprint density at radius 3 is 3.00 bits per heavy atom. The second-order valence-corrected chi connectivity index (χ2v) is 4.85. The number of pyridine rings is 1. The maximum atomic E-state index is 10.6. The molecule has 0 aliphatic rings. The number of nitrogens with zero attached hydrogens (tertiary/aromatic N) is 4. The summed E-state index contributed by atoms with van der Waals surface area (Å²) in [5, 5.41) is 16.8. The summed E-state index contributed by atoms with van der Waals surface area (Å²) in [5.41, 5.74) is 7.83. The molecule has 0 amide bonds. The second-order valence-electron chi connectivity index (χ2n) is 3.91. The summed E-state index contributed by atoms with van der Waals surface area (Å²) in [5.74, 6) is -0.726. The number of thioether (sulfide) groups is 1. The van der Waals surface area contributed by atoms with Gasteiger partial charge in [-0.05, 0) is 24.1 Å². The van der Waals surface area contributed by atoms with Gasteiger partial charge in [-0.25, -0.2) is 0 Å². The number of nitrogen functional groups attached to an aromatic ring is 1. The first-order valence-electron chi connectivity index (χ1n) is 5.50. The van der Waals surface area contributed by atoms with Crippen LogP contribution in [0.2, 0.25) is 0 Å². The first-order chi connectivity index (χ1) is 9.08. The van der Waals surface area contributed by atoms with Gasteiger partial charge in [-0.1, -0.05) is 11.8 Å².